The summed E-state index contributed by atoms with van der Waals surface area (Å²) < 4.78 is 97.9. The summed E-state index contributed by atoms with van der Waals surface area (Å²) in [6.45, 7) is -4.23. The fourth-order valence-electron chi connectivity index (χ4n) is 4.84. The van der Waals surface area contributed by atoms with E-state index in [0.717, 1.165) is 19.3 Å². The van der Waals surface area contributed by atoms with Crippen LogP contribution in [0.5, 0.6) is 0 Å². The minimum atomic E-state index is -3.32. The van der Waals surface area contributed by atoms with Crippen LogP contribution in [0.25, 0.3) is 0 Å². The van der Waals surface area contributed by atoms with Gasteiger partial charge in [-0.25, -0.2) is 4.79 Å². The fraction of sp³-hybridized carbons (Fsp3) is 0.905. The number of carbonyl (C=O) groups is 2. The molecule has 0 aromatic heterocycles. The summed E-state index contributed by atoms with van der Waals surface area (Å²) in [5.74, 6) is -1.45. The van der Waals surface area contributed by atoms with Crippen molar-refractivity contribution in [2.24, 2.45) is 11.3 Å². The number of hydrogen-bond donors (Lipinski definition) is 1. The average molecular weight is 390 g/mol. The first-order chi connectivity index (χ1) is 17.6. The molecule has 2 aliphatic heterocycles. The Morgan fingerprint density at radius 1 is 1.26 bits per heavy atom. The van der Waals surface area contributed by atoms with Crippen LogP contribution in [0.3, 0.4) is 0 Å². The summed E-state index contributed by atoms with van der Waals surface area (Å²) in [7, 11) is 0. The van der Waals surface area contributed by atoms with Crippen molar-refractivity contribution in [3.8, 4) is 0 Å². The molecule has 4 fully saturated rings. The zero-order chi connectivity index (χ0) is 29.4. The predicted octanol–water partition coefficient (Wildman–Crippen LogP) is 2.77. The largest absolute Gasteiger partial charge is 0.450 e. The maximum Gasteiger partial charge on any atom is 0.409 e. The van der Waals surface area contributed by atoms with Gasteiger partial charge in [0.05, 0.1) is 6.61 Å². The summed E-state index contributed by atoms with van der Waals surface area (Å²) in [6.07, 6.45) is -6.85. The van der Waals surface area contributed by atoms with Crippen LogP contribution in [0.2, 0.25) is 0 Å². The van der Waals surface area contributed by atoms with Crippen molar-refractivity contribution in [1.82, 2.24) is 15.1 Å². The standard InChI is InChI=1S/C21H35N3O3/c1-3-27-19(26)24-12-9-21(15-24)13-17(14-21)23-10-5-16(6-11-23)18(25)22-20(2)7-4-8-20/h16-17H,3-15H2,1-2H3,(H,22,25)/t17-,21-/i1D3,2D3,4D2,7D2,8D2. The third-order valence-electron chi connectivity index (χ3n) is 6.46. The quantitative estimate of drug-likeness (QED) is 0.803. The Kier molecular flexibility index (Phi) is 2.55. The fourth-order valence-corrected chi connectivity index (χ4v) is 4.84. The van der Waals surface area contributed by atoms with Crippen LogP contribution in [-0.4, -0.2) is 66.2 Å². The van der Waals surface area contributed by atoms with Gasteiger partial charge in [-0.15, -0.1) is 0 Å². The first-order valence-electron chi connectivity index (χ1n) is 15.6. The van der Waals surface area contributed by atoms with Gasteiger partial charge < -0.3 is 19.9 Å². The van der Waals surface area contributed by atoms with Gasteiger partial charge in [-0.1, -0.05) is 0 Å². The van der Waals surface area contributed by atoms with E-state index in [2.05, 4.69) is 10.2 Å². The molecule has 0 aromatic carbocycles. The Hall–Kier alpha value is -1.30. The molecule has 6 heteroatoms. The van der Waals surface area contributed by atoms with Crippen molar-refractivity contribution in [2.45, 2.75) is 76.5 Å². The predicted molar refractivity (Wildman–Crippen MR) is 103 cm³/mol. The van der Waals surface area contributed by atoms with Crippen LogP contribution in [0, 0.1) is 11.3 Å². The number of nitrogens with zero attached hydrogens (tertiary/aromatic N) is 2. The molecule has 2 amide bonds. The molecule has 2 saturated carbocycles. The van der Waals surface area contributed by atoms with E-state index in [0.29, 0.717) is 39.0 Å². The number of piperidine rings is 1. The van der Waals surface area contributed by atoms with Crippen molar-refractivity contribution in [3.05, 3.63) is 0 Å². The molecule has 0 bridgehead atoms. The number of hydrogen-bond acceptors (Lipinski definition) is 4. The highest BCUT2D eigenvalue weighted by molar-refractivity contribution is 5.79. The Morgan fingerprint density at radius 2 is 2.04 bits per heavy atom. The summed E-state index contributed by atoms with van der Waals surface area (Å²) in [6, 6.07) is 0.239. The summed E-state index contributed by atoms with van der Waals surface area (Å²) in [5.41, 5.74) is -3.06. The molecule has 1 spiro atoms. The van der Waals surface area contributed by atoms with Crippen LogP contribution in [-0.2, 0) is 9.53 Å². The molecule has 152 valence electrons. The van der Waals surface area contributed by atoms with E-state index < -0.39 is 62.9 Å². The van der Waals surface area contributed by atoms with Crippen LogP contribution in [0.15, 0.2) is 0 Å². The number of likely N-dealkylation sites (tertiary alicyclic amines) is 2. The topological polar surface area (TPSA) is 61.9 Å². The van der Waals surface area contributed by atoms with Crippen molar-refractivity contribution in [1.29, 1.82) is 0 Å². The van der Waals surface area contributed by atoms with Gasteiger partial charge in [-0.2, -0.15) is 0 Å². The van der Waals surface area contributed by atoms with E-state index >= 15 is 0 Å². The molecule has 2 heterocycles. The van der Waals surface area contributed by atoms with Gasteiger partial charge in [-0.3, -0.25) is 4.79 Å². The molecule has 2 saturated heterocycles. The van der Waals surface area contributed by atoms with E-state index in [1.165, 1.54) is 0 Å². The summed E-state index contributed by atoms with van der Waals surface area (Å²) in [5, 5.41) is 2.13. The number of nitrogens with one attached hydrogen (secondary N) is 1. The van der Waals surface area contributed by atoms with Gasteiger partial charge in [-0.05, 0) is 83.4 Å². The van der Waals surface area contributed by atoms with E-state index in [4.69, 9.17) is 21.2 Å². The zero-order valence-electron chi connectivity index (χ0n) is 27.3. The van der Waals surface area contributed by atoms with Crippen molar-refractivity contribution in [3.63, 3.8) is 0 Å². The zero-order valence-corrected chi connectivity index (χ0v) is 15.3. The van der Waals surface area contributed by atoms with Gasteiger partial charge in [0, 0.05) is 47.0 Å². The second-order valence-corrected chi connectivity index (χ2v) is 8.21. The minimum absolute atomic E-state index is 0.0512. The molecule has 4 aliphatic rings. The third kappa shape index (κ3) is 3.82. The van der Waals surface area contributed by atoms with Gasteiger partial charge in [0.1, 0.15) is 0 Å². The normalized spacial score (nSPS) is 41.0. The monoisotopic (exact) mass is 389 g/mol. The Morgan fingerprint density at radius 3 is 2.74 bits per heavy atom. The van der Waals surface area contributed by atoms with Crippen LogP contribution < -0.4 is 5.32 Å². The lowest BCUT2D eigenvalue weighted by Crippen LogP contribution is -2.56. The lowest BCUT2D eigenvalue weighted by molar-refractivity contribution is -0.130. The molecule has 27 heavy (non-hydrogen) atoms. The van der Waals surface area contributed by atoms with E-state index in [1.807, 2.05) is 0 Å². The molecular weight excluding hydrogens is 342 g/mol. The van der Waals surface area contributed by atoms with E-state index in [-0.39, 0.29) is 11.5 Å². The number of ether oxygens (including phenoxy) is 1. The Bertz CT molecular complexity index is 967. The highest BCUT2D eigenvalue weighted by atomic mass is 16.6. The van der Waals surface area contributed by atoms with Gasteiger partial charge in [0.25, 0.3) is 0 Å². The van der Waals surface area contributed by atoms with Crippen LogP contribution >= 0.6 is 0 Å². The first-order valence-corrected chi connectivity index (χ1v) is 9.59. The molecule has 2 aliphatic carbocycles. The molecule has 0 atom stereocenters. The maximum atomic E-state index is 13.1. The van der Waals surface area contributed by atoms with E-state index in [9.17, 15) is 9.59 Å². The summed E-state index contributed by atoms with van der Waals surface area (Å²) in [4.78, 5) is 29.1. The highest BCUT2D eigenvalue weighted by Gasteiger charge is 2.51. The highest BCUT2D eigenvalue weighted by Crippen LogP contribution is 2.50. The number of rotatable bonds is 4. The van der Waals surface area contributed by atoms with Gasteiger partial charge in [0.2, 0.25) is 5.91 Å². The van der Waals surface area contributed by atoms with Crippen molar-refractivity contribution >= 4 is 12.0 Å². The van der Waals surface area contributed by atoms with Gasteiger partial charge >= 0.3 is 6.09 Å². The van der Waals surface area contributed by atoms with Crippen molar-refractivity contribution < 1.29 is 30.8 Å². The third-order valence-corrected chi connectivity index (χ3v) is 6.46. The maximum absolute atomic E-state index is 13.1. The molecule has 0 aromatic rings. The smallest absolute Gasteiger partial charge is 0.409 e. The Labute approximate surface area is 179 Å². The average Bonchev–Trinajstić information content (AvgIpc) is 3.24. The van der Waals surface area contributed by atoms with Crippen molar-refractivity contribution in [2.75, 3.05) is 32.8 Å². The van der Waals surface area contributed by atoms with Crippen LogP contribution in [0.1, 0.15) is 81.4 Å². The molecule has 0 unspecified atom stereocenters. The van der Waals surface area contributed by atoms with Gasteiger partial charge in [0.15, 0.2) is 0 Å². The molecule has 6 nitrogen and oxygen atoms in total. The molecule has 4 rings (SSSR count). The second kappa shape index (κ2) is 7.26. The SMILES string of the molecule is [2H]C([2H])([2H])COC(=O)N1CC[C@]2(C1)C[C@H](N1CCC(C(=O)NC3(C([2H])([2H])[2H])C([2H])([2H])C([2H])([2H])C3([2H])[2H])CC1)C2. The van der Waals surface area contributed by atoms with Crippen LogP contribution in [0.4, 0.5) is 4.79 Å². The minimum Gasteiger partial charge on any atom is -0.450 e. The first kappa shape index (κ1) is 9.47. The van der Waals surface area contributed by atoms with E-state index in [1.54, 1.807) is 4.90 Å². The second-order valence-electron chi connectivity index (χ2n) is 8.21. The molecular formula is C21H35N3O3. The lowest BCUT2D eigenvalue weighted by Gasteiger charge is -2.51. The molecule has 0 radical (unpaired) electrons. The lowest BCUT2D eigenvalue weighted by atomic mass is 9.64. The number of carbonyl (C=O) groups excluding carboxylic acids is 2. The Balaban J connectivity index is 1.29. The molecule has 1 N–H and O–H groups in total. The summed E-state index contributed by atoms with van der Waals surface area (Å²) >= 11 is 0. The number of amides is 2.